The summed E-state index contributed by atoms with van der Waals surface area (Å²) in [6, 6.07) is 73.4. The minimum Gasteiger partial charge on any atom is -0.455 e. The number of para-hydroxylation sites is 3. The lowest BCUT2D eigenvalue weighted by Crippen LogP contribution is -2.10. The molecule has 304 valence electrons. The maximum Gasteiger partial charge on any atom is 0.143 e. The third-order valence-corrected chi connectivity index (χ3v) is 12.9. The Morgan fingerprint density at radius 2 is 0.954 bits per heavy atom. The summed E-state index contributed by atoms with van der Waals surface area (Å²) in [4.78, 5) is 1.88. The molecule has 0 spiro atoms. The SMILES string of the molecule is [2H]c1c([2H])c(N(c2ccc(-c3ccc(-c4ccc5ccccc5c4)cc3)cc2)c2cccc3oc4c5ccccc5ccc4c23)c([2H])c([2H])c1-c1ccccc1-n1c2ccccc2c2ccccc21. The molecule has 3 nitrogen and oxygen atoms in total. The number of furan rings is 1. The molecule has 0 fully saturated rings. The molecule has 0 amide bonds. The van der Waals surface area contributed by atoms with E-state index in [0.29, 0.717) is 22.5 Å². The van der Waals surface area contributed by atoms with E-state index in [4.69, 9.17) is 4.42 Å². The smallest absolute Gasteiger partial charge is 0.143 e. The highest BCUT2D eigenvalue weighted by Gasteiger charge is 2.21. The highest BCUT2D eigenvalue weighted by atomic mass is 16.3. The summed E-state index contributed by atoms with van der Waals surface area (Å²) in [5, 5.41) is 8.33. The van der Waals surface area contributed by atoms with Crippen molar-refractivity contribution in [3.8, 4) is 39.1 Å². The highest BCUT2D eigenvalue weighted by Crippen LogP contribution is 2.45. The maximum absolute atomic E-state index is 9.95. The van der Waals surface area contributed by atoms with Gasteiger partial charge < -0.3 is 13.9 Å². The van der Waals surface area contributed by atoms with E-state index in [1.165, 1.54) is 10.8 Å². The van der Waals surface area contributed by atoms with Crippen LogP contribution in [0.1, 0.15) is 5.48 Å². The predicted octanol–water partition coefficient (Wildman–Crippen LogP) is 17.5. The molecule has 2 aromatic heterocycles. The minimum absolute atomic E-state index is 0.137. The van der Waals surface area contributed by atoms with Crippen molar-refractivity contribution in [2.24, 2.45) is 0 Å². The summed E-state index contributed by atoms with van der Waals surface area (Å²) in [6.45, 7) is 0. The van der Waals surface area contributed by atoms with Crippen LogP contribution in [-0.4, -0.2) is 4.57 Å². The van der Waals surface area contributed by atoms with Gasteiger partial charge in [-0.05, 0) is 111 Å². The van der Waals surface area contributed by atoms with E-state index >= 15 is 0 Å². The number of hydrogen-bond acceptors (Lipinski definition) is 2. The van der Waals surface area contributed by atoms with Gasteiger partial charge in [-0.2, -0.15) is 0 Å². The van der Waals surface area contributed by atoms with Crippen molar-refractivity contribution in [2.45, 2.75) is 0 Å². The van der Waals surface area contributed by atoms with Gasteiger partial charge in [0.15, 0.2) is 0 Å². The summed E-state index contributed by atoms with van der Waals surface area (Å²) in [6.07, 6.45) is 0. The zero-order chi connectivity index (χ0) is 46.3. The molecule has 0 N–H and O–H groups in total. The summed E-state index contributed by atoms with van der Waals surface area (Å²) >= 11 is 0. The Labute approximate surface area is 381 Å². The molecule has 13 rings (SSSR count). The average molecular weight is 833 g/mol. The lowest BCUT2D eigenvalue weighted by atomic mass is 9.98. The second kappa shape index (κ2) is 15.0. The van der Waals surface area contributed by atoms with Crippen LogP contribution in [0.3, 0.4) is 0 Å². The second-order valence-corrected chi connectivity index (χ2v) is 16.5. The first kappa shape index (κ1) is 33.0. The van der Waals surface area contributed by atoms with Gasteiger partial charge in [-0.15, -0.1) is 0 Å². The van der Waals surface area contributed by atoms with E-state index in [1.807, 2.05) is 95.9 Å². The summed E-state index contributed by atoms with van der Waals surface area (Å²) in [5.74, 6) is 0. The van der Waals surface area contributed by atoms with E-state index in [-0.39, 0.29) is 35.4 Å². The van der Waals surface area contributed by atoms with Crippen molar-refractivity contribution in [3.05, 3.63) is 243 Å². The molecule has 13 aromatic rings. The molecule has 0 saturated heterocycles. The summed E-state index contributed by atoms with van der Waals surface area (Å²) in [7, 11) is 0. The largest absolute Gasteiger partial charge is 0.455 e. The average Bonchev–Trinajstić information content (AvgIpc) is 3.96. The number of anilines is 3. The maximum atomic E-state index is 9.95. The lowest BCUT2D eigenvalue weighted by molar-refractivity contribution is 0.672. The van der Waals surface area contributed by atoms with E-state index in [9.17, 15) is 5.48 Å². The van der Waals surface area contributed by atoms with Crippen molar-refractivity contribution in [3.63, 3.8) is 0 Å². The molecule has 0 aliphatic carbocycles. The van der Waals surface area contributed by atoms with Crippen molar-refractivity contribution in [2.75, 3.05) is 4.90 Å². The predicted molar refractivity (Wildman–Crippen MR) is 274 cm³/mol. The van der Waals surface area contributed by atoms with Gasteiger partial charge in [0, 0.05) is 38.5 Å². The van der Waals surface area contributed by atoms with Crippen LogP contribution < -0.4 is 4.90 Å². The van der Waals surface area contributed by atoms with Crippen LogP contribution >= 0.6 is 0 Å². The van der Waals surface area contributed by atoms with Gasteiger partial charge in [0.2, 0.25) is 0 Å². The first-order valence-corrected chi connectivity index (χ1v) is 21.9. The Morgan fingerprint density at radius 1 is 0.385 bits per heavy atom. The molecule has 11 aromatic carbocycles. The van der Waals surface area contributed by atoms with Crippen LogP contribution in [0.2, 0.25) is 0 Å². The number of fused-ring (bicyclic) bond motifs is 9. The third kappa shape index (κ3) is 6.12. The van der Waals surface area contributed by atoms with Crippen molar-refractivity contribution in [1.29, 1.82) is 0 Å². The number of benzene rings is 11. The van der Waals surface area contributed by atoms with Crippen LogP contribution in [0.25, 0.3) is 104 Å². The van der Waals surface area contributed by atoms with Gasteiger partial charge in [-0.25, -0.2) is 0 Å². The fourth-order valence-electron chi connectivity index (χ4n) is 9.75. The van der Waals surface area contributed by atoms with E-state index in [2.05, 4.69) is 132 Å². The van der Waals surface area contributed by atoms with E-state index in [1.54, 1.807) is 0 Å². The standard InChI is InChI=1S/C62H40N2O/c1-2-14-47-40-48(29-28-41(47)12-1)44-26-24-42(25-27-44)43-30-35-49(36-31-43)63(59-22-11-23-60-61(59)55-39-34-45-13-3-4-16-52(45)62(55)65-60)50-37-32-46(33-38-50)51-15-5-8-19-56(51)64-57-20-9-6-17-53(57)54-18-7-10-21-58(54)64/h1-40H/i32D,33D,37D,38D. The summed E-state index contributed by atoms with van der Waals surface area (Å²) < 4.78 is 48.4. The van der Waals surface area contributed by atoms with Crippen molar-refractivity contribution >= 4 is 82.4 Å². The van der Waals surface area contributed by atoms with Crippen LogP contribution in [0.4, 0.5) is 17.1 Å². The first-order valence-electron chi connectivity index (χ1n) is 23.9. The molecule has 0 unspecified atom stereocenters. The molecule has 2 heterocycles. The number of nitrogens with zero attached hydrogens (tertiary/aromatic N) is 2. The summed E-state index contributed by atoms with van der Waals surface area (Å²) in [5.41, 5.74) is 10.8. The van der Waals surface area contributed by atoms with Crippen LogP contribution in [0.15, 0.2) is 247 Å². The van der Waals surface area contributed by atoms with Gasteiger partial charge in [0.05, 0.1) is 33.3 Å². The van der Waals surface area contributed by atoms with Crippen molar-refractivity contribution in [1.82, 2.24) is 4.57 Å². The Bertz CT molecular complexity index is 4110. The van der Waals surface area contributed by atoms with Crippen molar-refractivity contribution < 1.29 is 9.90 Å². The molecule has 0 aliphatic rings. The molecule has 0 radical (unpaired) electrons. The Morgan fingerprint density at radius 3 is 1.69 bits per heavy atom. The second-order valence-electron chi connectivity index (χ2n) is 16.5. The highest BCUT2D eigenvalue weighted by molar-refractivity contribution is 6.19. The fraction of sp³-hybridized carbons (Fsp3) is 0. The zero-order valence-corrected chi connectivity index (χ0v) is 35.1. The van der Waals surface area contributed by atoms with Gasteiger partial charge in [-0.3, -0.25) is 0 Å². The molecule has 0 aliphatic heterocycles. The fourth-order valence-corrected chi connectivity index (χ4v) is 9.75. The van der Waals surface area contributed by atoms with E-state index in [0.717, 1.165) is 76.9 Å². The number of rotatable bonds is 7. The van der Waals surface area contributed by atoms with Crippen LogP contribution in [0, 0.1) is 0 Å². The van der Waals surface area contributed by atoms with Gasteiger partial charge in [0.1, 0.15) is 11.2 Å². The Hall–Kier alpha value is -8.66. The first-order chi connectivity index (χ1) is 33.9. The monoisotopic (exact) mass is 832 g/mol. The Balaban J connectivity index is 0.983. The normalized spacial score (nSPS) is 12.6. The quantitative estimate of drug-likeness (QED) is 0.160. The zero-order valence-electron chi connectivity index (χ0n) is 39.1. The number of aromatic nitrogens is 1. The third-order valence-electron chi connectivity index (χ3n) is 12.9. The molecular formula is C62H40N2O. The molecular weight excluding hydrogens is 789 g/mol. The topological polar surface area (TPSA) is 21.3 Å². The molecule has 3 heteroatoms. The molecule has 0 saturated carbocycles. The van der Waals surface area contributed by atoms with Gasteiger partial charge >= 0.3 is 0 Å². The Kier molecular flexibility index (Phi) is 7.61. The van der Waals surface area contributed by atoms with Gasteiger partial charge in [-0.1, -0.05) is 176 Å². The van der Waals surface area contributed by atoms with E-state index < -0.39 is 0 Å². The molecule has 0 bridgehead atoms. The van der Waals surface area contributed by atoms with Gasteiger partial charge in [0.25, 0.3) is 0 Å². The molecule has 65 heavy (non-hydrogen) atoms. The van der Waals surface area contributed by atoms with Crippen LogP contribution in [0.5, 0.6) is 0 Å². The molecule has 0 atom stereocenters. The minimum atomic E-state index is -0.161. The number of hydrogen-bond donors (Lipinski definition) is 0. The van der Waals surface area contributed by atoms with Crippen LogP contribution in [-0.2, 0) is 0 Å². The lowest BCUT2D eigenvalue weighted by Gasteiger charge is -2.27.